The second kappa shape index (κ2) is 9.18. The van der Waals surface area contributed by atoms with Gasteiger partial charge in [0.15, 0.2) is 0 Å². The fourth-order valence-electron chi connectivity index (χ4n) is 4.56. The predicted octanol–water partition coefficient (Wildman–Crippen LogP) is 3.08. The molecule has 2 aliphatic heterocycles. The number of nitrogens with zero attached hydrogens (tertiary/aromatic N) is 1. The van der Waals surface area contributed by atoms with Crippen LogP contribution in [0.1, 0.15) is 5.56 Å². The van der Waals surface area contributed by atoms with Crippen molar-refractivity contribution in [2.24, 2.45) is 0 Å². The van der Waals surface area contributed by atoms with Gasteiger partial charge in [0, 0.05) is 23.9 Å². The first kappa shape index (κ1) is 20.9. The lowest BCUT2D eigenvalue weighted by atomic mass is 9.79. The molecule has 160 valence electrons. The Bertz CT molecular complexity index is 972. The van der Waals surface area contributed by atoms with Crippen LogP contribution < -0.4 is 4.90 Å². The molecule has 0 radical (unpaired) electrons. The molecule has 3 unspecified atom stereocenters. The lowest BCUT2D eigenvalue weighted by Gasteiger charge is -2.42. The summed E-state index contributed by atoms with van der Waals surface area (Å²) in [7, 11) is 2.04. The number of rotatable bonds is 11. The third-order valence-electron chi connectivity index (χ3n) is 6.04. The van der Waals surface area contributed by atoms with E-state index in [4.69, 9.17) is 14.2 Å². The molecule has 3 atom stereocenters. The van der Waals surface area contributed by atoms with Crippen LogP contribution in [-0.2, 0) is 30.2 Å². The smallest absolute Gasteiger partial charge is 0.293 e. The zero-order valence-corrected chi connectivity index (χ0v) is 17.3. The molecule has 0 aliphatic carbocycles. The van der Waals surface area contributed by atoms with E-state index >= 15 is 0 Å². The van der Waals surface area contributed by atoms with Gasteiger partial charge in [0.2, 0.25) is 0 Å². The number of anilines is 1. The Kier molecular flexibility index (Phi) is 6.18. The molecule has 0 N–H and O–H groups in total. The van der Waals surface area contributed by atoms with Crippen molar-refractivity contribution in [2.45, 2.75) is 24.2 Å². The maximum absolute atomic E-state index is 11.0. The molecular formula is C25H25NO5. The van der Waals surface area contributed by atoms with E-state index in [0.717, 1.165) is 16.8 Å². The SMILES string of the molecule is CN(c1ccccc1)C(Cc1ccccc1)C12C=CC(O1)C(COC=O)=C2COC=O. The van der Waals surface area contributed by atoms with Crippen molar-refractivity contribution in [3.05, 3.63) is 89.5 Å². The number of para-hydroxylation sites is 1. The fourth-order valence-corrected chi connectivity index (χ4v) is 4.56. The zero-order valence-electron chi connectivity index (χ0n) is 17.3. The first-order chi connectivity index (χ1) is 15.2. The molecular weight excluding hydrogens is 394 g/mol. The van der Waals surface area contributed by atoms with Crippen LogP contribution in [0.3, 0.4) is 0 Å². The minimum atomic E-state index is -0.810. The highest BCUT2D eigenvalue weighted by Crippen LogP contribution is 2.48. The first-order valence-corrected chi connectivity index (χ1v) is 10.2. The minimum Gasteiger partial charge on any atom is -0.463 e. The third-order valence-corrected chi connectivity index (χ3v) is 6.04. The van der Waals surface area contributed by atoms with Gasteiger partial charge in [0.25, 0.3) is 12.9 Å². The molecule has 0 saturated heterocycles. The normalized spacial score (nSPS) is 22.3. The van der Waals surface area contributed by atoms with Crippen molar-refractivity contribution in [3.63, 3.8) is 0 Å². The minimum absolute atomic E-state index is 0.0792. The van der Waals surface area contributed by atoms with Gasteiger partial charge in [-0.3, -0.25) is 9.59 Å². The van der Waals surface area contributed by atoms with Gasteiger partial charge in [-0.1, -0.05) is 54.6 Å². The second-order valence-electron chi connectivity index (χ2n) is 7.66. The second-order valence-corrected chi connectivity index (χ2v) is 7.66. The Balaban J connectivity index is 1.78. The van der Waals surface area contributed by atoms with Crippen LogP contribution >= 0.6 is 0 Å². The number of carbonyl (C=O) groups excluding carboxylic acids is 2. The highest BCUT2D eigenvalue weighted by atomic mass is 16.5. The zero-order chi connectivity index (χ0) is 21.7. The van der Waals surface area contributed by atoms with Gasteiger partial charge in [0.1, 0.15) is 24.9 Å². The maximum Gasteiger partial charge on any atom is 0.293 e. The molecule has 4 rings (SSSR count). The number of ether oxygens (including phenoxy) is 3. The molecule has 2 aromatic carbocycles. The summed E-state index contributed by atoms with van der Waals surface area (Å²) in [4.78, 5) is 24.0. The Morgan fingerprint density at radius 1 is 1.00 bits per heavy atom. The van der Waals surface area contributed by atoms with Crippen molar-refractivity contribution in [2.75, 3.05) is 25.2 Å². The average molecular weight is 419 g/mol. The number of hydrogen-bond acceptors (Lipinski definition) is 6. The number of fused-ring (bicyclic) bond motifs is 2. The lowest BCUT2D eigenvalue weighted by Crippen LogP contribution is -2.53. The van der Waals surface area contributed by atoms with Crippen molar-refractivity contribution in [1.29, 1.82) is 0 Å². The maximum atomic E-state index is 11.0. The quantitative estimate of drug-likeness (QED) is 0.412. The van der Waals surface area contributed by atoms with Crippen LogP contribution in [0.2, 0.25) is 0 Å². The van der Waals surface area contributed by atoms with Gasteiger partial charge in [0.05, 0.1) is 6.04 Å². The number of hydrogen-bond donors (Lipinski definition) is 0. The molecule has 6 nitrogen and oxygen atoms in total. The third kappa shape index (κ3) is 3.99. The highest BCUT2D eigenvalue weighted by molar-refractivity contribution is 5.55. The van der Waals surface area contributed by atoms with Gasteiger partial charge in [-0.05, 0) is 30.2 Å². The van der Waals surface area contributed by atoms with Crippen molar-refractivity contribution >= 4 is 18.6 Å². The molecule has 0 saturated carbocycles. The van der Waals surface area contributed by atoms with Crippen LogP contribution in [0.5, 0.6) is 0 Å². The standard InChI is InChI=1S/C25H25NO5/c1-26(20-10-6-3-7-11-20)24(14-19-8-4-2-5-9-19)25-13-12-23(31-25)21(15-29-17-27)22(25)16-30-18-28/h2-13,17-18,23-24H,14-16H2,1H3. The summed E-state index contributed by atoms with van der Waals surface area (Å²) >= 11 is 0. The van der Waals surface area contributed by atoms with Gasteiger partial charge in [-0.2, -0.15) is 0 Å². The van der Waals surface area contributed by atoms with E-state index in [1.54, 1.807) is 0 Å². The molecule has 0 amide bonds. The number of carbonyl (C=O) groups is 2. The van der Waals surface area contributed by atoms with Crippen LogP contribution in [0.15, 0.2) is 84.0 Å². The van der Waals surface area contributed by atoms with E-state index in [1.807, 2.05) is 49.5 Å². The topological polar surface area (TPSA) is 65.1 Å². The average Bonchev–Trinajstić information content (AvgIpc) is 3.38. The molecule has 2 heterocycles. The van der Waals surface area contributed by atoms with E-state index in [2.05, 4.69) is 35.2 Å². The van der Waals surface area contributed by atoms with Crippen LogP contribution in [0.4, 0.5) is 5.69 Å². The Labute approximate surface area is 181 Å². The number of likely N-dealkylation sites (N-methyl/N-ethyl adjacent to an activating group) is 1. The molecule has 0 fully saturated rings. The number of benzene rings is 2. The van der Waals surface area contributed by atoms with E-state index in [0.29, 0.717) is 19.4 Å². The van der Waals surface area contributed by atoms with E-state index < -0.39 is 5.60 Å². The predicted molar refractivity (Wildman–Crippen MR) is 117 cm³/mol. The molecule has 6 heteroatoms. The van der Waals surface area contributed by atoms with Crippen LogP contribution in [0, 0.1) is 0 Å². The summed E-state index contributed by atoms with van der Waals surface area (Å²) in [5.41, 5.74) is 3.06. The molecule has 2 aliphatic rings. The fraction of sp³-hybridized carbons (Fsp3) is 0.280. The first-order valence-electron chi connectivity index (χ1n) is 10.2. The summed E-state index contributed by atoms with van der Waals surface area (Å²) in [6.07, 6.45) is 4.44. The van der Waals surface area contributed by atoms with Gasteiger partial charge in [-0.15, -0.1) is 0 Å². The van der Waals surface area contributed by atoms with Gasteiger partial charge < -0.3 is 19.1 Å². The summed E-state index contributed by atoms with van der Waals surface area (Å²) in [6.45, 7) is 1.04. The summed E-state index contributed by atoms with van der Waals surface area (Å²) < 4.78 is 16.8. The molecule has 0 spiro atoms. The molecule has 2 bridgehead atoms. The van der Waals surface area contributed by atoms with E-state index in [9.17, 15) is 9.59 Å². The monoisotopic (exact) mass is 419 g/mol. The summed E-state index contributed by atoms with van der Waals surface area (Å²) in [5, 5.41) is 0. The summed E-state index contributed by atoms with van der Waals surface area (Å²) in [6, 6.07) is 20.2. The van der Waals surface area contributed by atoms with E-state index in [-0.39, 0.29) is 25.4 Å². The lowest BCUT2D eigenvalue weighted by molar-refractivity contribution is -0.129. The van der Waals surface area contributed by atoms with Gasteiger partial charge in [-0.25, -0.2) is 0 Å². The largest absolute Gasteiger partial charge is 0.463 e. The molecule has 0 aromatic heterocycles. The van der Waals surface area contributed by atoms with Crippen LogP contribution in [-0.4, -0.2) is 51.0 Å². The highest BCUT2D eigenvalue weighted by Gasteiger charge is 2.54. The summed E-state index contributed by atoms with van der Waals surface area (Å²) in [5.74, 6) is 0. The molecule has 2 aromatic rings. The molecule has 31 heavy (non-hydrogen) atoms. The van der Waals surface area contributed by atoms with Gasteiger partial charge >= 0.3 is 0 Å². The Hall–Kier alpha value is -3.38. The van der Waals surface area contributed by atoms with E-state index in [1.165, 1.54) is 5.56 Å². The Morgan fingerprint density at radius 2 is 1.65 bits per heavy atom. The van der Waals surface area contributed by atoms with Crippen molar-refractivity contribution in [3.8, 4) is 0 Å². The van der Waals surface area contributed by atoms with Crippen molar-refractivity contribution < 1.29 is 23.8 Å². The van der Waals surface area contributed by atoms with Crippen LogP contribution in [0.25, 0.3) is 0 Å². The Morgan fingerprint density at radius 3 is 2.32 bits per heavy atom. The van der Waals surface area contributed by atoms with Crippen molar-refractivity contribution in [1.82, 2.24) is 0 Å².